The molecule has 1 aliphatic heterocycles. The minimum Gasteiger partial charge on any atom is -0.379 e. The average molecular weight is 264 g/mol. The van der Waals surface area contributed by atoms with Crippen LogP contribution in [0.2, 0.25) is 6.04 Å². The lowest BCUT2D eigenvalue weighted by Gasteiger charge is -2.28. The van der Waals surface area contributed by atoms with Crippen LogP contribution in [0.3, 0.4) is 0 Å². The molecule has 0 atom stereocenters. The molecular formula is C10H24N2O4Si. The molecule has 0 unspecified atom stereocenters. The molecule has 0 bridgehead atoms. The van der Waals surface area contributed by atoms with Gasteiger partial charge in [-0.1, -0.05) is 0 Å². The van der Waals surface area contributed by atoms with Crippen molar-refractivity contribution in [2.45, 2.75) is 12.5 Å². The summed E-state index contributed by atoms with van der Waals surface area (Å²) in [5.74, 6) is 0. The number of morpholine rings is 1. The van der Waals surface area contributed by atoms with Crippen molar-refractivity contribution in [2.75, 3.05) is 54.2 Å². The van der Waals surface area contributed by atoms with Gasteiger partial charge in [-0.2, -0.15) is 0 Å². The topological polar surface area (TPSA) is 52.2 Å². The van der Waals surface area contributed by atoms with E-state index in [0.717, 1.165) is 45.3 Å². The Balaban J connectivity index is 2.13. The summed E-state index contributed by atoms with van der Waals surface area (Å²) in [5, 5.41) is 2.19. The molecule has 1 N–H and O–H groups in total. The first-order valence-corrected chi connectivity index (χ1v) is 7.91. The second-order valence-electron chi connectivity index (χ2n) is 3.91. The third-order valence-corrected chi connectivity index (χ3v) is 5.77. The van der Waals surface area contributed by atoms with E-state index in [-0.39, 0.29) is 0 Å². The number of hydrogen-bond acceptors (Lipinski definition) is 6. The number of hydrazine groups is 1. The molecular weight excluding hydrogens is 240 g/mol. The van der Waals surface area contributed by atoms with Gasteiger partial charge in [0.1, 0.15) is 0 Å². The lowest BCUT2D eigenvalue weighted by molar-refractivity contribution is 0.0118. The van der Waals surface area contributed by atoms with Gasteiger partial charge in [-0.15, -0.1) is 0 Å². The lowest BCUT2D eigenvalue weighted by Crippen LogP contribution is -2.47. The third kappa shape index (κ3) is 5.00. The first-order valence-electron chi connectivity index (χ1n) is 5.98. The molecule has 0 aromatic heterocycles. The van der Waals surface area contributed by atoms with Crippen LogP contribution in [0.4, 0.5) is 0 Å². The van der Waals surface area contributed by atoms with Gasteiger partial charge in [0, 0.05) is 47.0 Å². The maximum atomic E-state index is 5.36. The highest BCUT2D eigenvalue weighted by Gasteiger charge is 2.36. The fourth-order valence-corrected chi connectivity index (χ4v) is 3.54. The van der Waals surface area contributed by atoms with Crippen LogP contribution in [0.1, 0.15) is 6.42 Å². The highest BCUT2D eigenvalue weighted by molar-refractivity contribution is 6.60. The molecule has 17 heavy (non-hydrogen) atoms. The molecule has 0 spiro atoms. The van der Waals surface area contributed by atoms with Crippen molar-refractivity contribution < 1.29 is 18.0 Å². The third-order valence-electron chi connectivity index (χ3n) is 2.94. The zero-order valence-electron chi connectivity index (χ0n) is 11.0. The summed E-state index contributed by atoms with van der Waals surface area (Å²) in [5.41, 5.74) is 3.38. The van der Waals surface area contributed by atoms with Gasteiger partial charge in [-0.25, -0.2) is 5.01 Å². The molecule has 1 fully saturated rings. The van der Waals surface area contributed by atoms with Crippen LogP contribution >= 0.6 is 0 Å². The summed E-state index contributed by atoms with van der Waals surface area (Å²) >= 11 is 0. The minimum absolute atomic E-state index is 0.805. The van der Waals surface area contributed by atoms with Crippen molar-refractivity contribution in [1.29, 1.82) is 0 Å². The van der Waals surface area contributed by atoms with E-state index in [9.17, 15) is 0 Å². The number of hydrogen-bond donors (Lipinski definition) is 1. The number of nitrogens with zero attached hydrogens (tertiary/aromatic N) is 1. The van der Waals surface area contributed by atoms with Gasteiger partial charge in [-0.05, 0) is 6.42 Å². The summed E-state index contributed by atoms with van der Waals surface area (Å²) in [7, 11) is 2.56. The van der Waals surface area contributed by atoms with E-state index in [1.807, 2.05) is 0 Å². The lowest BCUT2D eigenvalue weighted by atomic mass is 10.5. The predicted octanol–water partition coefficient (Wildman–Crippen LogP) is 0.0914. The quantitative estimate of drug-likeness (QED) is 0.495. The molecule has 102 valence electrons. The van der Waals surface area contributed by atoms with Crippen LogP contribution in [0, 0.1) is 0 Å². The monoisotopic (exact) mass is 264 g/mol. The predicted molar refractivity (Wildman–Crippen MR) is 66.6 cm³/mol. The Kier molecular flexibility index (Phi) is 7.20. The second-order valence-corrected chi connectivity index (χ2v) is 7.00. The van der Waals surface area contributed by atoms with Crippen molar-refractivity contribution in [3.05, 3.63) is 0 Å². The molecule has 6 nitrogen and oxygen atoms in total. The van der Waals surface area contributed by atoms with Crippen LogP contribution in [-0.2, 0) is 18.0 Å². The Morgan fingerprint density at radius 2 is 1.71 bits per heavy atom. The first kappa shape index (κ1) is 15.0. The van der Waals surface area contributed by atoms with Gasteiger partial charge >= 0.3 is 8.80 Å². The van der Waals surface area contributed by atoms with Crippen molar-refractivity contribution >= 4 is 8.80 Å². The summed E-state index contributed by atoms with van der Waals surface area (Å²) < 4.78 is 21.4. The zero-order chi connectivity index (χ0) is 12.6. The molecule has 0 radical (unpaired) electrons. The highest BCUT2D eigenvalue weighted by atomic mass is 28.4. The van der Waals surface area contributed by atoms with Gasteiger partial charge in [0.05, 0.1) is 13.2 Å². The Morgan fingerprint density at radius 3 is 2.24 bits per heavy atom. The van der Waals surface area contributed by atoms with E-state index >= 15 is 0 Å². The molecule has 0 aromatic carbocycles. The van der Waals surface area contributed by atoms with E-state index < -0.39 is 8.80 Å². The molecule has 0 aromatic rings. The Bertz CT molecular complexity index is 190. The van der Waals surface area contributed by atoms with Crippen molar-refractivity contribution in [1.82, 2.24) is 10.4 Å². The van der Waals surface area contributed by atoms with E-state index in [0.29, 0.717) is 0 Å². The molecule has 0 aliphatic carbocycles. The van der Waals surface area contributed by atoms with E-state index in [4.69, 9.17) is 18.0 Å². The fourth-order valence-electron chi connectivity index (χ4n) is 1.82. The first-order chi connectivity index (χ1) is 8.26. The highest BCUT2D eigenvalue weighted by Crippen LogP contribution is 2.14. The molecule has 1 heterocycles. The molecule has 0 saturated carbocycles. The molecule has 7 heteroatoms. The largest absolute Gasteiger partial charge is 0.500 e. The second kappa shape index (κ2) is 8.14. The van der Waals surface area contributed by atoms with Crippen LogP contribution in [0.5, 0.6) is 0 Å². The number of ether oxygens (including phenoxy) is 1. The standard InChI is InChI=1S/C10H24N2O4Si/c1-13-17(14-2,15-3)10-4-5-11-12-6-8-16-9-7-12/h11H,4-10H2,1-3H3. The summed E-state index contributed by atoms with van der Waals surface area (Å²) in [4.78, 5) is 0. The fraction of sp³-hybridized carbons (Fsp3) is 1.00. The zero-order valence-corrected chi connectivity index (χ0v) is 12.0. The van der Waals surface area contributed by atoms with Crippen LogP contribution in [0.25, 0.3) is 0 Å². The molecule has 1 aliphatic rings. The van der Waals surface area contributed by atoms with E-state index in [2.05, 4.69) is 10.4 Å². The average Bonchev–Trinajstić information content (AvgIpc) is 2.41. The SMILES string of the molecule is CO[Si](CCCNN1CCOCC1)(OC)OC. The molecule has 0 amide bonds. The normalized spacial score (nSPS) is 18.5. The Hall–Kier alpha value is -0.0231. The van der Waals surface area contributed by atoms with Crippen molar-refractivity contribution in [3.8, 4) is 0 Å². The van der Waals surface area contributed by atoms with Crippen LogP contribution < -0.4 is 5.43 Å². The number of nitrogens with one attached hydrogen (secondary N) is 1. The van der Waals surface area contributed by atoms with Gasteiger partial charge < -0.3 is 18.0 Å². The summed E-state index contributed by atoms with van der Waals surface area (Å²) in [6.07, 6.45) is 0.971. The molecule has 1 saturated heterocycles. The maximum Gasteiger partial charge on any atom is 0.500 e. The molecule has 1 rings (SSSR count). The Labute approximate surface area is 105 Å². The summed E-state index contributed by atoms with van der Waals surface area (Å²) in [6.45, 7) is 4.41. The Morgan fingerprint density at radius 1 is 1.12 bits per heavy atom. The summed E-state index contributed by atoms with van der Waals surface area (Å²) in [6, 6.07) is 0.827. The van der Waals surface area contributed by atoms with E-state index in [1.54, 1.807) is 21.3 Å². The number of rotatable bonds is 8. The van der Waals surface area contributed by atoms with Crippen LogP contribution in [-0.4, -0.2) is 68.0 Å². The van der Waals surface area contributed by atoms with Crippen LogP contribution in [0.15, 0.2) is 0 Å². The van der Waals surface area contributed by atoms with Gasteiger partial charge in [0.2, 0.25) is 0 Å². The van der Waals surface area contributed by atoms with Gasteiger partial charge in [0.15, 0.2) is 0 Å². The maximum absolute atomic E-state index is 5.36. The van der Waals surface area contributed by atoms with E-state index in [1.165, 1.54) is 0 Å². The van der Waals surface area contributed by atoms with Gasteiger partial charge in [0.25, 0.3) is 0 Å². The minimum atomic E-state index is -2.39. The van der Waals surface area contributed by atoms with Crippen molar-refractivity contribution in [2.24, 2.45) is 0 Å². The van der Waals surface area contributed by atoms with Crippen molar-refractivity contribution in [3.63, 3.8) is 0 Å². The smallest absolute Gasteiger partial charge is 0.379 e. The van der Waals surface area contributed by atoms with Gasteiger partial charge in [-0.3, -0.25) is 5.43 Å².